The average Bonchev–Trinajstić information content (AvgIpc) is 2.70. The van der Waals surface area contributed by atoms with Gasteiger partial charge >= 0.3 is 0 Å². The molecule has 18 heavy (non-hydrogen) atoms. The van der Waals surface area contributed by atoms with E-state index >= 15 is 0 Å². The van der Waals surface area contributed by atoms with Crippen molar-refractivity contribution in [3.63, 3.8) is 0 Å². The third kappa shape index (κ3) is 3.52. The van der Waals surface area contributed by atoms with E-state index in [-0.39, 0.29) is 5.91 Å². The Bertz CT molecular complexity index is 413. The Hall–Kier alpha value is -0.0000000000000000833. The van der Waals surface area contributed by atoms with E-state index in [1.807, 2.05) is 24.8 Å². The first kappa shape index (κ1) is 14.4. The quantitative estimate of drug-likeness (QED) is 0.886. The molecule has 5 heteroatoms. The third-order valence-electron chi connectivity index (χ3n) is 3.38. The van der Waals surface area contributed by atoms with E-state index in [1.165, 1.54) is 24.2 Å². The van der Waals surface area contributed by atoms with Gasteiger partial charge in [0.25, 0.3) is 5.91 Å². The summed E-state index contributed by atoms with van der Waals surface area (Å²) in [6, 6.07) is 2.31. The van der Waals surface area contributed by atoms with Crippen LogP contribution >= 0.6 is 39.0 Å². The van der Waals surface area contributed by atoms with Gasteiger partial charge in [-0.2, -0.15) is 11.8 Å². The minimum atomic E-state index is 0.0838. The Balaban J connectivity index is 1.94. The summed E-state index contributed by atoms with van der Waals surface area (Å²) in [4.78, 5) is 13.0. The van der Waals surface area contributed by atoms with Crippen molar-refractivity contribution in [2.24, 2.45) is 0 Å². The number of hydrogen-bond acceptors (Lipinski definition) is 3. The second-order valence-electron chi connectivity index (χ2n) is 4.76. The number of rotatable bonds is 3. The van der Waals surface area contributed by atoms with Crippen molar-refractivity contribution in [1.29, 1.82) is 0 Å². The van der Waals surface area contributed by atoms with Crippen LogP contribution in [0, 0.1) is 6.92 Å². The molecule has 0 saturated heterocycles. The number of carbonyl (C=O) groups excluding carboxylic acids is 1. The number of hydrogen-bond donors (Lipinski definition) is 1. The highest BCUT2D eigenvalue weighted by Gasteiger charge is 2.23. The molecule has 0 aliphatic heterocycles. The van der Waals surface area contributed by atoms with Gasteiger partial charge in [0.2, 0.25) is 0 Å². The Morgan fingerprint density at radius 1 is 1.56 bits per heavy atom. The Kier molecular flexibility index (Phi) is 5.15. The van der Waals surface area contributed by atoms with Gasteiger partial charge < -0.3 is 5.32 Å². The monoisotopic (exact) mass is 347 g/mol. The molecule has 1 N–H and O–H groups in total. The van der Waals surface area contributed by atoms with Gasteiger partial charge in [-0.1, -0.05) is 6.42 Å². The summed E-state index contributed by atoms with van der Waals surface area (Å²) < 4.78 is 1.05. The first-order valence-corrected chi connectivity index (χ1v) is 9.09. The minimum absolute atomic E-state index is 0.0838. The molecule has 1 aromatic rings. The summed E-state index contributed by atoms with van der Waals surface area (Å²) >= 11 is 6.91. The van der Waals surface area contributed by atoms with Gasteiger partial charge in [-0.25, -0.2) is 0 Å². The first-order valence-electron chi connectivity index (χ1n) is 6.19. The van der Waals surface area contributed by atoms with Crippen LogP contribution in [0.4, 0.5) is 0 Å². The van der Waals surface area contributed by atoms with Crippen LogP contribution in [0.25, 0.3) is 0 Å². The van der Waals surface area contributed by atoms with E-state index in [4.69, 9.17) is 0 Å². The van der Waals surface area contributed by atoms with Gasteiger partial charge in [-0.15, -0.1) is 11.3 Å². The Labute approximate surface area is 125 Å². The molecule has 2 atom stereocenters. The lowest BCUT2D eigenvalue weighted by atomic mass is 9.95. The van der Waals surface area contributed by atoms with E-state index in [0.29, 0.717) is 11.3 Å². The number of thioether (sulfide) groups is 1. The van der Waals surface area contributed by atoms with Crippen molar-refractivity contribution >= 4 is 44.9 Å². The number of carbonyl (C=O) groups is 1. The molecule has 1 aliphatic carbocycles. The lowest BCUT2D eigenvalue weighted by molar-refractivity contribution is 0.0932. The van der Waals surface area contributed by atoms with Crippen molar-refractivity contribution in [2.75, 3.05) is 6.26 Å². The zero-order valence-corrected chi connectivity index (χ0v) is 13.9. The zero-order chi connectivity index (χ0) is 13.1. The summed E-state index contributed by atoms with van der Waals surface area (Å²) in [5, 5.41) is 3.89. The van der Waals surface area contributed by atoms with Crippen LogP contribution < -0.4 is 5.32 Å². The molecule has 0 bridgehead atoms. The second kappa shape index (κ2) is 6.44. The summed E-state index contributed by atoms with van der Waals surface area (Å²) in [5.41, 5.74) is 1.13. The van der Waals surface area contributed by atoms with Gasteiger partial charge in [0, 0.05) is 11.3 Å². The predicted molar refractivity (Wildman–Crippen MR) is 83.8 cm³/mol. The molecule has 0 aromatic carbocycles. The zero-order valence-electron chi connectivity index (χ0n) is 10.7. The Morgan fingerprint density at radius 2 is 2.33 bits per heavy atom. The van der Waals surface area contributed by atoms with E-state index in [1.54, 1.807) is 0 Å². The van der Waals surface area contributed by atoms with Crippen molar-refractivity contribution in [2.45, 2.75) is 43.9 Å². The molecule has 2 unspecified atom stereocenters. The highest BCUT2D eigenvalue weighted by Crippen LogP contribution is 2.29. The van der Waals surface area contributed by atoms with E-state index in [9.17, 15) is 4.79 Å². The maximum absolute atomic E-state index is 12.1. The summed E-state index contributed by atoms with van der Waals surface area (Å²) in [7, 11) is 0. The fraction of sp³-hybridized carbons (Fsp3) is 0.615. The first-order chi connectivity index (χ1) is 8.60. The molecule has 1 aromatic heterocycles. The van der Waals surface area contributed by atoms with Crippen molar-refractivity contribution in [3.8, 4) is 0 Å². The SMILES string of the molecule is CSC1CCCC(NC(=O)c2cc(C)c(Br)s2)C1. The van der Waals surface area contributed by atoms with E-state index in [0.717, 1.165) is 27.1 Å². The largest absolute Gasteiger partial charge is 0.349 e. The van der Waals surface area contributed by atoms with Crippen LogP contribution in [0.1, 0.15) is 40.9 Å². The average molecular weight is 348 g/mol. The number of nitrogens with one attached hydrogen (secondary N) is 1. The van der Waals surface area contributed by atoms with Crippen LogP contribution in [-0.2, 0) is 0 Å². The molecule has 0 spiro atoms. The molecule has 2 rings (SSSR count). The molecule has 1 aliphatic rings. The number of amides is 1. The van der Waals surface area contributed by atoms with E-state index in [2.05, 4.69) is 27.5 Å². The Morgan fingerprint density at radius 3 is 2.94 bits per heavy atom. The smallest absolute Gasteiger partial charge is 0.261 e. The maximum atomic E-state index is 12.1. The standard InChI is InChI=1S/C13H18BrNOS2/c1-8-6-11(18-12(8)14)13(16)15-9-4-3-5-10(7-9)17-2/h6,9-10H,3-5,7H2,1-2H3,(H,15,16). The normalized spacial score (nSPS) is 23.9. The van der Waals surface area contributed by atoms with E-state index < -0.39 is 0 Å². The van der Waals surface area contributed by atoms with Crippen LogP contribution in [0.3, 0.4) is 0 Å². The number of aryl methyl sites for hydroxylation is 1. The number of thiophene rings is 1. The van der Waals surface area contributed by atoms with Gasteiger partial charge in [0.05, 0.1) is 8.66 Å². The van der Waals surface area contributed by atoms with Crippen molar-refractivity contribution < 1.29 is 4.79 Å². The fourth-order valence-electron chi connectivity index (χ4n) is 2.32. The molecule has 1 amide bonds. The molecule has 1 heterocycles. The van der Waals surface area contributed by atoms with Crippen molar-refractivity contribution in [1.82, 2.24) is 5.32 Å². The lowest BCUT2D eigenvalue weighted by Gasteiger charge is -2.28. The molecule has 0 radical (unpaired) electrons. The van der Waals surface area contributed by atoms with Crippen LogP contribution in [-0.4, -0.2) is 23.5 Å². The third-order valence-corrected chi connectivity index (χ3v) is 6.61. The fourth-order valence-corrected chi connectivity index (χ4v) is 4.58. The van der Waals surface area contributed by atoms with Crippen LogP contribution in [0.2, 0.25) is 0 Å². The highest BCUT2D eigenvalue weighted by molar-refractivity contribution is 9.11. The van der Waals surface area contributed by atoms with Crippen LogP contribution in [0.15, 0.2) is 9.85 Å². The molecule has 2 nitrogen and oxygen atoms in total. The maximum Gasteiger partial charge on any atom is 0.261 e. The molecular formula is C13H18BrNOS2. The summed E-state index contributed by atoms with van der Waals surface area (Å²) in [6.45, 7) is 2.02. The summed E-state index contributed by atoms with van der Waals surface area (Å²) in [5.74, 6) is 0.0838. The van der Waals surface area contributed by atoms with Gasteiger partial charge in [-0.05, 0) is 60.0 Å². The lowest BCUT2D eigenvalue weighted by Crippen LogP contribution is -2.38. The number of halogens is 1. The van der Waals surface area contributed by atoms with Gasteiger partial charge in [-0.3, -0.25) is 4.79 Å². The van der Waals surface area contributed by atoms with Gasteiger partial charge in [0.15, 0.2) is 0 Å². The molecule has 1 fully saturated rings. The van der Waals surface area contributed by atoms with Crippen LogP contribution in [0.5, 0.6) is 0 Å². The molecular weight excluding hydrogens is 330 g/mol. The van der Waals surface area contributed by atoms with Crippen molar-refractivity contribution in [3.05, 3.63) is 20.3 Å². The molecule has 100 valence electrons. The van der Waals surface area contributed by atoms with Gasteiger partial charge in [0.1, 0.15) is 0 Å². The second-order valence-corrected chi connectivity index (χ2v) is 8.27. The molecule has 1 saturated carbocycles. The topological polar surface area (TPSA) is 29.1 Å². The highest BCUT2D eigenvalue weighted by atomic mass is 79.9. The predicted octanol–water partition coefficient (Wildman–Crippen LogP) is 4.22. The summed E-state index contributed by atoms with van der Waals surface area (Å²) in [6.07, 6.45) is 6.90. The minimum Gasteiger partial charge on any atom is -0.349 e.